The largest absolute Gasteiger partial charge is 0.481 e. The maximum atomic E-state index is 12.1. The number of hydrogen-bond acceptors (Lipinski definition) is 3. The van der Waals surface area contributed by atoms with Crippen LogP contribution in [0.25, 0.3) is 0 Å². The molecule has 0 aliphatic carbocycles. The van der Waals surface area contributed by atoms with Gasteiger partial charge in [-0.1, -0.05) is 0 Å². The number of likely N-dealkylation sites (N-methyl/N-ethyl adjacent to an activating group) is 1. The van der Waals surface area contributed by atoms with Gasteiger partial charge in [-0.3, -0.25) is 9.69 Å². The Bertz CT molecular complexity index is 209. The molecule has 4 nitrogen and oxygen atoms in total. The summed E-state index contributed by atoms with van der Waals surface area (Å²) in [6.45, 7) is -0.138. The molecule has 0 spiro atoms. The van der Waals surface area contributed by atoms with E-state index in [1.54, 1.807) is 7.05 Å². The summed E-state index contributed by atoms with van der Waals surface area (Å²) in [4.78, 5) is 11.4. The Morgan fingerprint density at radius 3 is 2.44 bits per heavy atom. The number of halogens is 3. The van der Waals surface area contributed by atoms with Gasteiger partial charge < -0.3 is 10.4 Å². The van der Waals surface area contributed by atoms with Crippen LogP contribution in [0.5, 0.6) is 0 Å². The average Bonchev–Trinajstić information content (AvgIpc) is 2.11. The Kier molecular flexibility index (Phi) is 7.07. The van der Waals surface area contributed by atoms with Crippen LogP contribution in [0.15, 0.2) is 0 Å². The minimum atomic E-state index is -4.24. The molecule has 0 aliphatic heterocycles. The number of carboxylic acid groups (broad SMARTS) is 1. The van der Waals surface area contributed by atoms with Gasteiger partial charge in [0.1, 0.15) is 0 Å². The van der Waals surface area contributed by atoms with Gasteiger partial charge in [0.05, 0.1) is 6.54 Å². The number of rotatable bonds is 8. The van der Waals surface area contributed by atoms with E-state index in [0.717, 1.165) is 0 Å². The summed E-state index contributed by atoms with van der Waals surface area (Å²) in [7, 11) is 1.66. The fourth-order valence-electron chi connectivity index (χ4n) is 1.25. The van der Waals surface area contributed by atoms with Crippen molar-refractivity contribution in [2.45, 2.75) is 19.0 Å². The lowest BCUT2D eigenvalue weighted by Gasteiger charge is -2.23. The van der Waals surface area contributed by atoms with Crippen molar-refractivity contribution in [3.63, 3.8) is 0 Å². The zero-order valence-corrected chi connectivity index (χ0v) is 9.18. The molecule has 0 bridgehead atoms. The van der Waals surface area contributed by atoms with Crippen LogP contribution in [0.4, 0.5) is 13.2 Å². The number of alkyl halides is 3. The molecule has 7 heteroatoms. The summed E-state index contributed by atoms with van der Waals surface area (Å²) in [6.07, 6.45) is -4.11. The first kappa shape index (κ1) is 15.2. The molecule has 0 atom stereocenters. The fraction of sp³-hybridized carbons (Fsp3) is 0.889. The van der Waals surface area contributed by atoms with Crippen LogP contribution in [-0.2, 0) is 4.79 Å². The van der Waals surface area contributed by atoms with Gasteiger partial charge in [0.2, 0.25) is 0 Å². The highest BCUT2D eigenvalue weighted by atomic mass is 19.4. The van der Waals surface area contributed by atoms with Crippen LogP contribution < -0.4 is 5.32 Å². The molecule has 96 valence electrons. The molecule has 0 unspecified atom stereocenters. The van der Waals surface area contributed by atoms with Crippen molar-refractivity contribution in [2.75, 3.05) is 33.2 Å². The van der Waals surface area contributed by atoms with Crippen molar-refractivity contribution in [3.8, 4) is 0 Å². The van der Waals surface area contributed by atoms with Crippen molar-refractivity contribution in [2.24, 2.45) is 0 Å². The van der Waals surface area contributed by atoms with Crippen LogP contribution in [0.2, 0.25) is 0 Å². The molecule has 2 N–H and O–H groups in total. The van der Waals surface area contributed by atoms with Crippen molar-refractivity contribution in [1.82, 2.24) is 10.2 Å². The highest BCUT2D eigenvalue weighted by Gasteiger charge is 2.30. The Morgan fingerprint density at radius 2 is 2.00 bits per heavy atom. The van der Waals surface area contributed by atoms with E-state index in [9.17, 15) is 18.0 Å². The van der Waals surface area contributed by atoms with Gasteiger partial charge in [-0.2, -0.15) is 13.2 Å². The van der Waals surface area contributed by atoms with Crippen molar-refractivity contribution >= 4 is 5.97 Å². The lowest BCUT2D eigenvalue weighted by Crippen LogP contribution is -2.38. The van der Waals surface area contributed by atoms with Gasteiger partial charge >= 0.3 is 12.1 Å². The minimum absolute atomic E-state index is 0.103. The molecule has 0 radical (unpaired) electrons. The minimum Gasteiger partial charge on any atom is -0.481 e. The standard InChI is InChI=1S/C9H17F3N2O2/c1-13-4-6-14(7-9(10,11)12)5-2-3-8(15)16/h13H,2-7H2,1H3,(H,15,16). The predicted octanol–water partition coefficient (Wildman–Crippen LogP) is 0.935. The summed E-state index contributed by atoms with van der Waals surface area (Å²) in [6, 6.07) is 0. The van der Waals surface area contributed by atoms with Crippen LogP contribution in [0.3, 0.4) is 0 Å². The Hall–Kier alpha value is -0.820. The monoisotopic (exact) mass is 242 g/mol. The molecule has 0 aromatic rings. The Balaban J connectivity index is 3.95. The third-order valence-electron chi connectivity index (χ3n) is 1.95. The predicted molar refractivity (Wildman–Crippen MR) is 53.3 cm³/mol. The zero-order valence-electron chi connectivity index (χ0n) is 9.18. The second kappa shape index (κ2) is 7.45. The third-order valence-corrected chi connectivity index (χ3v) is 1.95. The molecule has 0 aromatic carbocycles. The molecule has 0 saturated heterocycles. The number of hydrogen-bond donors (Lipinski definition) is 2. The van der Waals surface area contributed by atoms with E-state index in [4.69, 9.17) is 5.11 Å². The maximum absolute atomic E-state index is 12.1. The molecule has 0 fully saturated rings. The van der Waals surface area contributed by atoms with Crippen molar-refractivity contribution < 1.29 is 23.1 Å². The summed E-state index contributed by atoms with van der Waals surface area (Å²) < 4.78 is 36.4. The van der Waals surface area contributed by atoms with E-state index in [1.807, 2.05) is 0 Å². The number of nitrogens with zero attached hydrogens (tertiary/aromatic N) is 1. The number of aliphatic carboxylic acids is 1. The molecule has 0 aromatic heterocycles. The van der Waals surface area contributed by atoms with E-state index >= 15 is 0 Å². The number of carbonyl (C=O) groups is 1. The lowest BCUT2D eigenvalue weighted by molar-refractivity contribution is -0.146. The number of carboxylic acids is 1. The van der Waals surface area contributed by atoms with Crippen LogP contribution in [0, 0.1) is 0 Å². The van der Waals surface area contributed by atoms with Gasteiger partial charge in [-0.15, -0.1) is 0 Å². The second-order valence-corrected chi connectivity index (χ2v) is 3.49. The molecule has 0 rings (SSSR count). The van der Waals surface area contributed by atoms with E-state index in [1.165, 1.54) is 4.90 Å². The quantitative estimate of drug-likeness (QED) is 0.665. The van der Waals surface area contributed by atoms with Gasteiger partial charge in [0, 0.05) is 19.5 Å². The third kappa shape index (κ3) is 9.72. The van der Waals surface area contributed by atoms with E-state index in [-0.39, 0.29) is 25.9 Å². The summed E-state index contributed by atoms with van der Waals surface area (Å²) in [5.41, 5.74) is 0. The zero-order chi connectivity index (χ0) is 12.6. The summed E-state index contributed by atoms with van der Waals surface area (Å²) in [5, 5.41) is 11.1. The summed E-state index contributed by atoms with van der Waals surface area (Å²) in [5.74, 6) is -0.986. The van der Waals surface area contributed by atoms with Crippen LogP contribution in [0.1, 0.15) is 12.8 Å². The first-order valence-corrected chi connectivity index (χ1v) is 5.00. The lowest BCUT2D eigenvalue weighted by atomic mass is 10.3. The van der Waals surface area contributed by atoms with E-state index in [2.05, 4.69) is 5.32 Å². The highest BCUT2D eigenvalue weighted by molar-refractivity contribution is 5.66. The van der Waals surface area contributed by atoms with Crippen LogP contribution >= 0.6 is 0 Å². The smallest absolute Gasteiger partial charge is 0.401 e. The topological polar surface area (TPSA) is 52.6 Å². The molecule has 0 heterocycles. The van der Waals surface area contributed by atoms with Crippen molar-refractivity contribution in [3.05, 3.63) is 0 Å². The average molecular weight is 242 g/mol. The molecule has 0 aliphatic rings. The normalized spacial score (nSPS) is 12.1. The highest BCUT2D eigenvalue weighted by Crippen LogP contribution is 2.16. The first-order chi connectivity index (χ1) is 7.35. The van der Waals surface area contributed by atoms with Crippen LogP contribution in [-0.4, -0.2) is 55.4 Å². The number of nitrogens with one attached hydrogen (secondary N) is 1. The molecular formula is C9H17F3N2O2. The van der Waals surface area contributed by atoms with E-state index in [0.29, 0.717) is 6.54 Å². The van der Waals surface area contributed by atoms with Gasteiger partial charge in [0.25, 0.3) is 0 Å². The second-order valence-electron chi connectivity index (χ2n) is 3.49. The maximum Gasteiger partial charge on any atom is 0.401 e. The molecule has 0 amide bonds. The molecule has 16 heavy (non-hydrogen) atoms. The Labute approximate surface area is 92.4 Å². The fourth-order valence-corrected chi connectivity index (χ4v) is 1.25. The van der Waals surface area contributed by atoms with Crippen molar-refractivity contribution in [1.29, 1.82) is 0 Å². The Morgan fingerprint density at radius 1 is 1.38 bits per heavy atom. The summed E-state index contributed by atoms with van der Waals surface area (Å²) >= 11 is 0. The van der Waals surface area contributed by atoms with Gasteiger partial charge in [-0.25, -0.2) is 0 Å². The first-order valence-electron chi connectivity index (χ1n) is 5.00. The van der Waals surface area contributed by atoms with Gasteiger partial charge in [-0.05, 0) is 20.0 Å². The molecular weight excluding hydrogens is 225 g/mol. The van der Waals surface area contributed by atoms with E-state index < -0.39 is 18.7 Å². The molecule has 0 saturated carbocycles. The van der Waals surface area contributed by atoms with Gasteiger partial charge in [0.15, 0.2) is 0 Å². The SMILES string of the molecule is CNCCN(CCCC(=O)O)CC(F)(F)F.